The molecule has 4 nitrogen and oxygen atoms in total. The number of esters is 2. The van der Waals surface area contributed by atoms with Crippen molar-refractivity contribution >= 4 is 27.9 Å². The molecule has 92 valence electrons. The smallest absolute Gasteiger partial charge is 0.320 e. The van der Waals surface area contributed by atoms with Gasteiger partial charge in [-0.25, -0.2) is 0 Å². The van der Waals surface area contributed by atoms with Crippen LogP contribution >= 0.6 is 15.9 Å². The fraction of sp³-hybridized carbons (Fsp3) is 0.333. The quantitative estimate of drug-likeness (QED) is 0.632. The van der Waals surface area contributed by atoms with E-state index in [1.54, 1.807) is 0 Å². The van der Waals surface area contributed by atoms with Gasteiger partial charge in [0.1, 0.15) is 6.61 Å². The third kappa shape index (κ3) is 4.19. The van der Waals surface area contributed by atoms with Crippen LogP contribution in [0.4, 0.5) is 0 Å². The SMILES string of the molecule is COC(=O)C(C)C(=O)OCc1ccc(Br)cc1. The van der Waals surface area contributed by atoms with Crippen LogP contribution in [0.2, 0.25) is 0 Å². The van der Waals surface area contributed by atoms with Crippen LogP contribution in [-0.4, -0.2) is 19.0 Å². The molecule has 0 aliphatic rings. The molecule has 0 N–H and O–H groups in total. The lowest BCUT2D eigenvalue weighted by atomic mass is 10.2. The zero-order valence-corrected chi connectivity index (χ0v) is 11.2. The molecule has 1 rings (SSSR count). The first-order chi connectivity index (χ1) is 8.04. The summed E-state index contributed by atoms with van der Waals surface area (Å²) in [6.07, 6.45) is 0. The van der Waals surface area contributed by atoms with Crippen LogP contribution in [0.15, 0.2) is 28.7 Å². The lowest BCUT2D eigenvalue weighted by Gasteiger charge is -2.09. The van der Waals surface area contributed by atoms with Gasteiger partial charge in [-0.05, 0) is 24.6 Å². The Labute approximate surface area is 108 Å². The Bertz CT molecular complexity index is 399. The van der Waals surface area contributed by atoms with E-state index in [-0.39, 0.29) is 6.61 Å². The molecule has 0 amide bonds. The molecular weight excluding hydrogens is 288 g/mol. The maximum absolute atomic E-state index is 11.5. The van der Waals surface area contributed by atoms with Gasteiger partial charge >= 0.3 is 11.9 Å². The van der Waals surface area contributed by atoms with E-state index in [0.717, 1.165) is 10.0 Å². The molecule has 0 aromatic heterocycles. The van der Waals surface area contributed by atoms with Crippen molar-refractivity contribution in [2.75, 3.05) is 7.11 Å². The van der Waals surface area contributed by atoms with Crippen LogP contribution in [0.3, 0.4) is 0 Å². The van der Waals surface area contributed by atoms with Gasteiger partial charge in [-0.3, -0.25) is 9.59 Å². The Kier molecular flexibility index (Phi) is 5.15. The van der Waals surface area contributed by atoms with E-state index < -0.39 is 17.9 Å². The molecule has 0 saturated heterocycles. The molecule has 0 aliphatic carbocycles. The standard InChI is InChI=1S/C12H13BrO4/c1-8(11(14)16-2)12(15)17-7-9-3-5-10(13)6-4-9/h3-6,8H,7H2,1-2H3. The first kappa shape index (κ1) is 13.7. The Morgan fingerprint density at radius 1 is 1.24 bits per heavy atom. The molecule has 0 bridgehead atoms. The number of halogens is 1. The monoisotopic (exact) mass is 300 g/mol. The molecule has 0 aliphatic heterocycles. The molecule has 1 unspecified atom stereocenters. The Morgan fingerprint density at radius 2 is 1.82 bits per heavy atom. The molecule has 1 atom stereocenters. The number of hydrogen-bond acceptors (Lipinski definition) is 4. The van der Waals surface area contributed by atoms with Gasteiger partial charge < -0.3 is 9.47 Å². The minimum atomic E-state index is -0.893. The van der Waals surface area contributed by atoms with Gasteiger partial charge in [0.05, 0.1) is 7.11 Å². The number of carbonyl (C=O) groups is 2. The van der Waals surface area contributed by atoms with Crippen molar-refractivity contribution < 1.29 is 19.1 Å². The van der Waals surface area contributed by atoms with Crippen LogP contribution in [0.1, 0.15) is 12.5 Å². The molecule has 1 aromatic rings. The van der Waals surface area contributed by atoms with Crippen molar-refractivity contribution in [3.05, 3.63) is 34.3 Å². The maximum Gasteiger partial charge on any atom is 0.320 e. The van der Waals surface area contributed by atoms with Gasteiger partial charge in [0, 0.05) is 4.47 Å². The largest absolute Gasteiger partial charge is 0.468 e. The van der Waals surface area contributed by atoms with E-state index in [9.17, 15) is 9.59 Å². The van der Waals surface area contributed by atoms with Crippen molar-refractivity contribution in [3.63, 3.8) is 0 Å². The lowest BCUT2D eigenvalue weighted by molar-refractivity contribution is -0.160. The molecular formula is C12H13BrO4. The normalized spacial score (nSPS) is 11.7. The van der Waals surface area contributed by atoms with E-state index in [1.807, 2.05) is 24.3 Å². The van der Waals surface area contributed by atoms with Crippen molar-refractivity contribution in [1.29, 1.82) is 0 Å². The first-order valence-electron chi connectivity index (χ1n) is 5.03. The fourth-order valence-electron chi connectivity index (χ4n) is 1.13. The number of benzene rings is 1. The Balaban J connectivity index is 2.48. The summed E-state index contributed by atoms with van der Waals surface area (Å²) < 4.78 is 10.4. The average Bonchev–Trinajstić information content (AvgIpc) is 2.35. The summed E-state index contributed by atoms with van der Waals surface area (Å²) in [6.45, 7) is 1.60. The van der Waals surface area contributed by atoms with Crippen LogP contribution in [0.5, 0.6) is 0 Å². The predicted octanol–water partition coefficient (Wildman–Crippen LogP) is 2.30. The highest BCUT2D eigenvalue weighted by atomic mass is 79.9. The number of carbonyl (C=O) groups excluding carboxylic acids is 2. The van der Waals surface area contributed by atoms with Crippen molar-refractivity contribution in [1.82, 2.24) is 0 Å². The summed E-state index contributed by atoms with van der Waals surface area (Å²) in [5, 5.41) is 0. The molecule has 5 heteroatoms. The topological polar surface area (TPSA) is 52.6 Å². The summed E-state index contributed by atoms with van der Waals surface area (Å²) in [5.41, 5.74) is 0.860. The average molecular weight is 301 g/mol. The minimum absolute atomic E-state index is 0.146. The van der Waals surface area contributed by atoms with Crippen molar-refractivity contribution in [2.24, 2.45) is 5.92 Å². The summed E-state index contributed by atoms with van der Waals surface area (Å²) in [4.78, 5) is 22.5. The highest BCUT2D eigenvalue weighted by Gasteiger charge is 2.23. The highest BCUT2D eigenvalue weighted by Crippen LogP contribution is 2.12. The Morgan fingerprint density at radius 3 is 2.35 bits per heavy atom. The van der Waals surface area contributed by atoms with Gasteiger partial charge in [0.25, 0.3) is 0 Å². The number of hydrogen-bond donors (Lipinski definition) is 0. The fourth-order valence-corrected chi connectivity index (χ4v) is 1.40. The number of methoxy groups -OCH3 is 1. The Hall–Kier alpha value is -1.36. The van der Waals surface area contributed by atoms with Gasteiger partial charge in [0.15, 0.2) is 5.92 Å². The van der Waals surface area contributed by atoms with E-state index >= 15 is 0 Å². The van der Waals surface area contributed by atoms with E-state index in [0.29, 0.717) is 0 Å². The number of ether oxygens (including phenoxy) is 2. The highest BCUT2D eigenvalue weighted by molar-refractivity contribution is 9.10. The van der Waals surface area contributed by atoms with Crippen LogP contribution < -0.4 is 0 Å². The maximum atomic E-state index is 11.5. The summed E-state index contributed by atoms with van der Waals surface area (Å²) >= 11 is 3.31. The van der Waals surface area contributed by atoms with E-state index in [1.165, 1.54) is 14.0 Å². The first-order valence-corrected chi connectivity index (χ1v) is 5.83. The molecule has 0 fully saturated rings. The zero-order valence-electron chi connectivity index (χ0n) is 9.60. The van der Waals surface area contributed by atoms with Gasteiger partial charge in [-0.1, -0.05) is 28.1 Å². The molecule has 0 spiro atoms. The molecule has 0 saturated carbocycles. The van der Waals surface area contributed by atoms with Gasteiger partial charge in [-0.15, -0.1) is 0 Å². The van der Waals surface area contributed by atoms with E-state index in [2.05, 4.69) is 20.7 Å². The van der Waals surface area contributed by atoms with Gasteiger partial charge in [0.2, 0.25) is 0 Å². The lowest BCUT2D eigenvalue weighted by Crippen LogP contribution is -2.24. The molecule has 0 radical (unpaired) electrons. The van der Waals surface area contributed by atoms with Crippen molar-refractivity contribution in [3.8, 4) is 0 Å². The molecule has 17 heavy (non-hydrogen) atoms. The summed E-state index contributed by atoms with van der Waals surface area (Å²) in [5.74, 6) is -2.07. The third-order valence-electron chi connectivity index (χ3n) is 2.20. The van der Waals surface area contributed by atoms with Crippen LogP contribution in [-0.2, 0) is 25.7 Å². The van der Waals surface area contributed by atoms with Crippen molar-refractivity contribution in [2.45, 2.75) is 13.5 Å². The zero-order chi connectivity index (χ0) is 12.8. The minimum Gasteiger partial charge on any atom is -0.468 e. The van der Waals surface area contributed by atoms with Crippen LogP contribution in [0, 0.1) is 5.92 Å². The second kappa shape index (κ2) is 6.39. The summed E-state index contributed by atoms with van der Waals surface area (Å²) in [6, 6.07) is 7.38. The van der Waals surface area contributed by atoms with Crippen LogP contribution in [0.25, 0.3) is 0 Å². The second-order valence-corrected chi connectivity index (χ2v) is 4.39. The molecule has 1 aromatic carbocycles. The predicted molar refractivity (Wildman–Crippen MR) is 65.1 cm³/mol. The second-order valence-electron chi connectivity index (χ2n) is 3.48. The molecule has 0 heterocycles. The van der Waals surface area contributed by atoms with E-state index in [4.69, 9.17) is 4.74 Å². The summed E-state index contributed by atoms with van der Waals surface area (Å²) in [7, 11) is 1.24. The number of rotatable bonds is 4. The third-order valence-corrected chi connectivity index (χ3v) is 2.73. The van der Waals surface area contributed by atoms with Gasteiger partial charge in [-0.2, -0.15) is 0 Å².